The van der Waals surface area contributed by atoms with E-state index in [4.69, 9.17) is 0 Å². The number of nitrogens with one attached hydrogen (secondary N) is 2. The molecule has 0 spiro atoms. The minimum absolute atomic E-state index is 0.0638. The van der Waals surface area contributed by atoms with Crippen LogP contribution in [0.15, 0.2) is 72.9 Å². The number of amides is 1. The van der Waals surface area contributed by atoms with E-state index in [1.807, 2.05) is 61.5 Å². The molecule has 3 aromatic rings. The minimum Gasteiger partial charge on any atom is -0.383 e. The van der Waals surface area contributed by atoms with Crippen LogP contribution in [0.5, 0.6) is 0 Å². The van der Waals surface area contributed by atoms with Crippen molar-refractivity contribution < 1.29 is 4.79 Å². The highest BCUT2D eigenvalue weighted by atomic mass is 16.1. The first-order valence-electron chi connectivity index (χ1n) is 8.78. The second kappa shape index (κ2) is 8.81. The molecule has 0 atom stereocenters. The Balaban J connectivity index is 1.46. The Morgan fingerprint density at radius 3 is 2.38 bits per heavy atom. The van der Waals surface area contributed by atoms with Crippen LogP contribution in [0.1, 0.15) is 16.7 Å². The van der Waals surface area contributed by atoms with Crippen LogP contribution in [0.2, 0.25) is 0 Å². The highest BCUT2D eigenvalue weighted by molar-refractivity contribution is 5.91. The first-order valence-corrected chi connectivity index (χ1v) is 8.78. The van der Waals surface area contributed by atoms with E-state index in [2.05, 4.69) is 27.8 Å². The Morgan fingerprint density at radius 2 is 1.69 bits per heavy atom. The van der Waals surface area contributed by atoms with Crippen LogP contribution >= 0.6 is 0 Å². The fraction of sp³-hybridized carbons (Fsp3) is 0.182. The average Bonchev–Trinajstić information content (AvgIpc) is 2.66. The van der Waals surface area contributed by atoms with Gasteiger partial charge in [0.15, 0.2) is 0 Å². The van der Waals surface area contributed by atoms with E-state index in [-0.39, 0.29) is 5.91 Å². The molecule has 0 fully saturated rings. The van der Waals surface area contributed by atoms with Crippen molar-refractivity contribution in [3.63, 3.8) is 0 Å². The molecule has 3 rings (SSSR count). The molecule has 4 heteroatoms. The summed E-state index contributed by atoms with van der Waals surface area (Å²) in [5, 5.41) is 6.18. The summed E-state index contributed by atoms with van der Waals surface area (Å²) in [6.45, 7) is 2.87. The molecule has 2 aromatic carbocycles. The fourth-order valence-electron chi connectivity index (χ4n) is 2.65. The van der Waals surface area contributed by atoms with Gasteiger partial charge in [0.25, 0.3) is 0 Å². The Labute approximate surface area is 154 Å². The molecular weight excluding hydrogens is 322 g/mol. The van der Waals surface area contributed by atoms with Crippen molar-refractivity contribution in [1.29, 1.82) is 0 Å². The van der Waals surface area contributed by atoms with E-state index in [0.717, 1.165) is 24.2 Å². The lowest BCUT2D eigenvalue weighted by molar-refractivity contribution is -0.115. The lowest BCUT2D eigenvalue weighted by Crippen LogP contribution is -2.15. The van der Waals surface area contributed by atoms with Crippen LogP contribution in [-0.2, 0) is 17.6 Å². The van der Waals surface area contributed by atoms with E-state index in [0.29, 0.717) is 12.2 Å². The number of benzene rings is 2. The summed E-state index contributed by atoms with van der Waals surface area (Å²) in [5.41, 5.74) is 4.42. The molecule has 2 N–H and O–H groups in total. The Kier molecular flexibility index (Phi) is 5.99. The topological polar surface area (TPSA) is 54.0 Å². The van der Waals surface area contributed by atoms with Gasteiger partial charge in [-0.3, -0.25) is 4.79 Å². The Bertz CT molecular complexity index is 828. The van der Waals surface area contributed by atoms with Gasteiger partial charge in [0.2, 0.25) is 5.91 Å². The fourth-order valence-corrected chi connectivity index (χ4v) is 2.65. The largest absolute Gasteiger partial charge is 0.383 e. The van der Waals surface area contributed by atoms with Crippen LogP contribution in [0, 0.1) is 6.92 Å². The molecule has 0 saturated heterocycles. The van der Waals surface area contributed by atoms with Crippen LogP contribution in [0.3, 0.4) is 0 Å². The highest BCUT2D eigenvalue weighted by Gasteiger charge is 2.05. The lowest BCUT2D eigenvalue weighted by Gasteiger charge is -2.08. The highest BCUT2D eigenvalue weighted by Crippen LogP contribution is 2.11. The number of nitrogens with zero attached hydrogens (tertiary/aromatic N) is 1. The number of carbonyl (C=O) groups is 1. The number of hydrogen-bond acceptors (Lipinski definition) is 3. The summed E-state index contributed by atoms with van der Waals surface area (Å²) in [7, 11) is 0. The van der Waals surface area contributed by atoms with E-state index in [1.54, 1.807) is 6.20 Å². The smallest absolute Gasteiger partial charge is 0.229 e. The van der Waals surface area contributed by atoms with Gasteiger partial charge in [-0.05, 0) is 36.6 Å². The van der Waals surface area contributed by atoms with Crippen LogP contribution < -0.4 is 10.6 Å². The molecule has 0 aliphatic heterocycles. The number of pyridine rings is 1. The van der Waals surface area contributed by atoms with Crippen molar-refractivity contribution in [2.24, 2.45) is 0 Å². The van der Waals surface area contributed by atoms with Gasteiger partial charge in [-0.25, -0.2) is 4.98 Å². The monoisotopic (exact) mass is 345 g/mol. The molecule has 0 saturated carbocycles. The first-order chi connectivity index (χ1) is 12.7. The summed E-state index contributed by atoms with van der Waals surface area (Å²) in [6, 6.07) is 22.1. The normalized spacial score (nSPS) is 10.3. The van der Waals surface area contributed by atoms with Crippen molar-refractivity contribution in [3.05, 3.63) is 89.6 Å². The second-order valence-corrected chi connectivity index (χ2v) is 6.31. The average molecular weight is 345 g/mol. The second-order valence-electron chi connectivity index (χ2n) is 6.31. The van der Waals surface area contributed by atoms with Crippen molar-refractivity contribution in [2.75, 3.05) is 17.2 Å². The number of rotatable bonds is 7. The summed E-state index contributed by atoms with van der Waals surface area (Å²) >= 11 is 0. The number of anilines is 2. The van der Waals surface area contributed by atoms with Gasteiger partial charge in [-0.1, -0.05) is 60.2 Å². The van der Waals surface area contributed by atoms with Crippen LogP contribution in [-0.4, -0.2) is 17.4 Å². The predicted molar refractivity (Wildman–Crippen MR) is 106 cm³/mol. The molecule has 1 amide bonds. The van der Waals surface area contributed by atoms with E-state index < -0.39 is 0 Å². The van der Waals surface area contributed by atoms with E-state index in [9.17, 15) is 4.79 Å². The van der Waals surface area contributed by atoms with Crippen molar-refractivity contribution in [2.45, 2.75) is 19.8 Å². The first kappa shape index (κ1) is 17.7. The number of aryl methyl sites for hydroxylation is 1. The molecule has 0 unspecified atom stereocenters. The van der Waals surface area contributed by atoms with Crippen LogP contribution in [0.25, 0.3) is 0 Å². The number of carbonyl (C=O) groups excluding carboxylic acids is 1. The zero-order valence-electron chi connectivity index (χ0n) is 14.9. The molecule has 132 valence electrons. The third kappa shape index (κ3) is 5.45. The molecule has 4 nitrogen and oxygen atoms in total. The maximum Gasteiger partial charge on any atom is 0.229 e. The molecular formula is C22H23N3O. The number of aromatic nitrogens is 1. The molecule has 0 radical (unpaired) electrons. The van der Waals surface area contributed by atoms with Gasteiger partial charge in [0.1, 0.15) is 5.82 Å². The Morgan fingerprint density at radius 1 is 0.923 bits per heavy atom. The standard InChI is InChI=1S/C22H23N3O/c1-17-7-9-19(10-8-17)15-22(26)25-21-12-11-20(16-24-21)23-14-13-18-5-3-2-4-6-18/h2-12,16,23H,13-15H2,1H3,(H,24,25,26). The van der Waals surface area contributed by atoms with Gasteiger partial charge in [0.05, 0.1) is 18.3 Å². The van der Waals surface area contributed by atoms with Gasteiger partial charge >= 0.3 is 0 Å². The van der Waals surface area contributed by atoms with Crippen molar-refractivity contribution in [1.82, 2.24) is 4.98 Å². The van der Waals surface area contributed by atoms with Gasteiger partial charge in [0, 0.05) is 6.54 Å². The maximum atomic E-state index is 12.1. The van der Waals surface area contributed by atoms with E-state index in [1.165, 1.54) is 11.1 Å². The summed E-state index contributed by atoms with van der Waals surface area (Å²) in [6.07, 6.45) is 3.04. The third-order valence-corrected chi connectivity index (χ3v) is 4.10. The van der Waals surface area contributed by atoms with Gasteiger partial charge in [-0.15, -0.1) is 0 Å². The molecule has 26 heavy (non-hydrogen) atoms. The van der Waals surface area contributed by atoms with Gasteiger partial charge < -0.3 is 10.6 Å². The molecule has 1 aromatic heterocycles. The van der Waals surface area contributed by atoms with E-state index >= 15 is 0 Å². The lowest BCUT2D eigenvalue weighted by atomic mass is 10.1. The number of hydrogen-bond donors (Lipinski definition) is 2. The quantitative estimate of drug-likeness (QED) is 0.674. The maximum absolute atomic E-state index is 12.1. The van der Waals surface area contributed by atoms with Gasteiger partial charge in [-0.2, -0.15) is 0 Å². The summed E-state index contributed by atoms with van der Waals surface area (Å²) in [5.74, 6) is 0.502. The summed E-state index contributed by atoms with van der Waals surface area (Å²) in [4.78, 5) is 16.4. The third-order valence-electron chi connectivity index (χ3n) is 4.10. The van der Waals surface area contributed by atoms with Crippen molar-refractivity contribution in [3.8, 4) is 0 Å². The molecule has 0 bridgehead atoms. The predicted octanol–water partition coefficient (Wildman–Crippen LogP) is 4.23. The molecule has 0 aliphatic rings. The SMILES string of the molecule is Cc1ccc(CC(=O)Nc2ccc(NCCc3ccccc3)cn2)cc1. The zero-order chi connectivity index (χ0) is 18.2. The minimum atomic E-state index is -0.0638. The Hall–Kier alpha value is -3.14. The van der Waals surface area contributed by atoms with Crippen molar-refractivity contribution >= 4 is 17.4 Å². The zero-order valence-corrected chi connectivity index (χ0v) is 14.9. The molecule has 1 heterocycles. The molecule has 0 aliphatic carbocycles. The van der Waals surface area contributed by atoms with Crippen LogP contribution in [0.4, 0.5) is 11.5 Å². The summed E-state index contributed by atoms with van der Waals surface area (Å²) < 4.78 is 0.